The van der Waals surface area contributed by atoms with E-state index in [1.807, 2.05) is 14.1 Å². The van der Waals surface area contributed by atoms with Crippen LogP contribution in [0.1, 0.15) is 12.8 Å². The molecule has 68 valence electrons. The molecule has 0 saturated heterocycles. The van der Waals surface area contributed by atoms with E-state index in [0.717, 1.165) is 19.4 Å². The first kappa shape index (κ1) is 10.9. The maximum absolute atomic E-state index is 9.90. The Morgan fingerprint density at radius 3 is 2.36 bits per heavy atom. The van der Waals surface area contributed by atoms with Crippen LogP contribution in [0.5, 0.6) is 0 Å². The summed E-state index contributed by atoms with van der Waals surface area (Å²) in [6.45, 7) is 1.28. The molecule has 4 nitrogen and oxygen atoms in total. The molecule has 0 unspecified atom stereocenters. The Morgan fingerprint density at radius 2 is 1.91 bits per heavy atom. The van der Waals surface area contributed by atoms with Gasteiger partial charge in [0.15, 0.2) is 0 Å². The first-order valence-electron chi connectivity index (χ1n) is 3.55. The Kier molecular flexibility index (Phi) is 6.49. The van der Waals surface area contributed by atoms with Crippen LogP contribution < -0.4 is 0 Å². The van der Waals surface area contributed by atoms with E-state index in [2.05, 4.69) is 9.08 Å². The van der Waals surface area contributed by atoms with Gasteiger partial charge in [-0.1, -0.05) is 0 Å². The van der Waals surface area contributed by atoms with Crippen LogP contribution in [0.25, 0.3) is 0 Å². The van der Waals surface area contributed by atoms with Crippen LogP contribution in [0.3, 0.4) is 0 Å². The molecule has 0 spiro atoms. The molecule has 0 aromatic carbocycles. The average Bonchev–Trinajstić information content (AvgIpc) is 1.85. The third-order valence-electron chi connectivity index (χ3n) is 1.20. The second kappa shape index (κ2) is 6.57. The van der Waals surface area contributed by atoms with Crippen LogP contribution >= 0.6 is 0 Å². The van der Waals surface area contributed by atoms with Gasteiger partial charge in [-0.2, -0.15) is 0 Å². The molecule has 0 rings (SSSR count). The monoisotopic (exact) mass is 181 g/mol. The van der Waals surface area contributed by atoms with Crippen molar-refractivity contribution >= 4 is 11.0 Å². The van der Waals surface area contributed by atoms with Crippen LogP contribution in [-0.4, -0.2) is 40.6 Å². The zero-order valence-electron chi connectivity index (χ0n) is 6.95. The number of rotatable bonds is 6. The maximum Gasteiger partial charge on any atom is 0.257 e. The van der Waals surface area contributed by atoms with Gasteiger partial charge in [-0.25, -0.2) is 8.42 Å². The lowest BCUT2D eigenvalue weighted by Crippen LogP contribution is -2.13. The van der Waals surface area contributed by atoms with Crippen LogP contribution in [0.15, 0.2) is 0 Å². The molecule has 0 saturated carbocycles. The van der Waals surface area contributed by atoms with Crippen molar-refractivity contribution in [3.8, 4) is 0 Å². The van der Waals surface area contributed by atoms with Gasteiger partial charge >= 0.3 is 0 Å². The van der Waals surface area contributed by atoms with Crippen LogP contribution in [0.2, 0.25) is 0 Å². The van der Waals surface area contributed by atoms with E-state index in [4.69, 9.17) is 0 Å². The van der Waals surface area contributed by atoms with Gasteiger partial charge in [0, 0.05) is 0 Å². The molecule has 0 fully saturated rings. The van der Waals surface area contributed by atoms with E-state index in [1.54, 1.807) is 0 Å². The number of hydrogen-bond donors (Lipinski definition) is 1. The van der Waals surface area contributed by atoms with Crippen LogP contribution in [-0.2, 0) is 15.2 Å². The summed E-state index contributed by atoms with van der Waals surface area (Å²) in [5.74, 6) is 0. The number of hydrogen-bond acceptors (Lipinski definition) is 4. The predicted molar refractivity (Wildman–Crippen MR) is 44.1 cm³/mol. The molecular weight excluding hydrogens is 166 g/mol. The summed E-state index contributed by atoms with van der Waals surface area (Å²) >= 11 is 0. The molecule has 0 bridgehead atoms. The van der Waals surface area contributed by atoms with Gasteiger partial charge in [-0.3, -0.25) is 4.18 Å². The molecule has 0 aliphatic heterocycles. The molecule has 0 heterocycles. The molecule has 0 amide bonds. The molecular formula is C6H15NO3S. The van der Waals surface area contributed by atoms with Gasteiger partial charge in [0.05, 0.1) is 6.61 Å². The zero-order chi connectivity index (χ0) is 8.69. The third kappa shape index (κ3) is 9.87. The summed E-state index contributed by atoms with van der Waals surface area (Å²) in [7, 11) is 1.32. The van der Waals surface area contributed by atoms with Crippen molar-refractivity contribution < 1.29 is 12.6 Å². The SMILES string of the molecule is CN(C)CCCCO[SH](=O)=O. The summed E-state index contributed by atoms with van der Waals surface area (Å²) in [5, 5.41) is 0. The van der Waals surface area contributed by atoms with Crippen LogP contribution in [0.4, 0.5) is 0 Å². The standard InChI is InChI=1S/C6H15NO3S/c1-7(2)5-3-4-6-10-11(8)9/h11H,3-6H2,1-2H3. The quantitative estimate of drug-likeness (QED) is 0.458. The molecule has 0 N–H and O–H groups in total. The van der Waals surface area contributed by atoms with Crippen molar-refractivity contribution in [3.05, 3.63) is 0 Å². The Labute approximate surface area is 69.3 Å². The van der Waals surface area contributed by atoms with E-state index < -0.39 is 11.0 Å². The van der Waals surface area contributed by atoms with E-state index in [0.29, 0.717) is 6.61 Å². The van der Waals surface area contributed by atoms with E-state index >= 15 is 0 Å². The fraction of sp³-hybridized carbons (Fsp3) is 1.00. The molecule has 0 aliphatic rings. The van der Waals surface area contributed by atoms with Crippen molar-refractivity contribution in [2.24, 2.45) is 0 Å². The Balaban J connectivity index is 3.03. The summed E-state index contributed by atoms with van der Waals surface area (Å²) in [5.41, 5.74) is 0. The highest BCUT2D eigenvalue weighted by Crippen LogP contribution is 1.91. The normalized spacial score (nSPS) is 11.3. The Hall–Kier alpha value is -0.130. The van der Waals surface area contributed by atoms with Crippen molar-refractivity contribution in [2.75, 3.05) is 27.2 Å². The van der Waals surface area contributed by atoms with Crippen molar-refractivity contribution in [3.63, 3.8) is 0 Å². The molecule has 0 aromatic rings. The lowest BCUT2D eigenvalue weighted by atomic mass is 10.3. The van der Waals surface area contributed by atoms with E-state index in [1.165, 1.54) is 0 Å². The summed E-state index contributed by atoms with van der Waals surface area (Å²) < 4.78 is 24.2. The number of thiol groups is 1. The van der Waals surface area contributed by atoms with Gasteiger partial charge in [0.25, 0.3) is 11.0 Å². The summed E-state index contributed by atoms with van der Waals surface area (Å²) in [6, 6.07) is 0. The highest BCUT2D eigenvalue weighted by atomic mass is 32.2. The van der Waals surface area contributed by atoms with Crippen molar-refractivity contribution in [1.82, 2.24) is 4.90 Å². The Morgan fingerprint density at radius 1 is 1.27 bits per heavy atom. The van der Waals surface area contributed by atoms with Crippen molar-refractivity contribution in [1.29, 1.82) is 0 Å². The fourth-order valence-electron chi connectivity index (χ4n) is 0.669. The second-order valence-corrected chi connectivity index (χ2v) is 3.27. The maximum atomic E-state index is 9.90. The number of nitrogens with zero attached hydrogens (tertiary/aromatic N) is 1. The highest BCUT2D eigenvalue weighted by molar-refractivity contribution is 7.67. The lowest BCUT2D eigenvalue weighted by Gasteiger charge is -2.07. The summed E-state index contributed by atoms with van der Waals surface area (Å²) in [6.07, 6.45) is 1.76. The zero-order valence-corrected chi connectivity index (χ0v) is 7.84. The smallest absolute Gasteiger partial charge is 0.257 e. The van der Waals surface area contributed by atoms with Gasteiger partial charge < -0.3 is 4.90 Å². The summed E-state index contributed by atoms with van der Waals surface area (Å²) in [4.78, 5) is 2.05. The first-order valence-corrected chi connectivity index (χ1v) is 4.64. The van der Waals surface area contributed by atoms with Gasteiger partial charge in [-0.15, -0.1) is 0 Å². The third-order valence-corrected chi connectivity index (χ3v) is 1.59. The fourth-order valence-corrected chi connectivity index (χ4v) is 0.947. The van der Waals surface area contributed by atoms with Gasteiger partial charge in [0.1, 0.15) is 0 Å². The predicted octanol–water partition coefficient (Wildman–Crippen LogP) is -0.129. The topological polar surface area (TPSA) is 46.6 Å². The van der Waals surface area contributed by atoms with E-state index in [9.17, 15) is 8.42 Å². The average molecular weight is 181 g/mol. The minimum absolute atomic E-state index is 0.312. The molecule has 0 aromatic heterocycles. The largest absolute Gasteiger partial charge is 0.309 e. The number of unbranched alkanes of at least 4 members (excludes halogenated alkanes) is 1. The van der Waals surface area contributed by atoms with E-state index in [-0.39, 0.29) is 0 Å². The molecule has 5 heteroatoms. The molecule has 0 atom stereocenters. The minimum atomic E-state index is -2.65. The molecule has 11 heavy (non-hydrogen) atoms. The second-order valence-electron chi connectivity index (χ2n) is 2.57. The highest BCUT2D eigenvalue weighted by Gasteiger charge is 1.91. The lowest BCUT2D eigenvalue weighted by molar-refractivity contribution is 0.306. The molecule has 0 aliphatic carbocycles. The minimum Gasteiger partial charge on any atom is -0.309 e. The van der Waals surface area contributed by atoms with Crippen LogP contribution in [0, 0.1) is 0 Å². The van der Waals surface area contributed by atoms with Gasteiger partial charge in [0.2, 0.25) is 0 Å². The first-order chi connectivity index (χ1) is 5.13. The van der Waals surface area contributed by atoms with Crippen molar-refractivity contribution in [2.45, 2.75) is 12.8 Å². The van der Waals surface area contributed by atoms with Gasteiger partial charge in [-0.05, 0) is 33.5 Å². The Bertz CT molecular complexity index is 148. The molecule has 0 radical (unpaired) electrons.